The molecule has 2 N–H and O–H groups in total. The van der Waals surface area contributed by atoms with E-state index in [1.54, 1.807) is 10.4 Å². The van der Waals surface area contributed by atoms with Crippen LogP contribution in [0, 0.1) is 12.8 Å². The Kier molecular flexibility index (Phi) is 4.33. The molecule has 0 saturated carbocycles. The molecule has 0 unspecified atom stereocenters. The van der Waals surface area contributed by atoms with Gasteiger partial charge in [-0.3, -0.25) is 0 Å². The van der Waals surface area contributed by atoms with E-state index in [-0.39, 0.29) is 0 Å². The molecule has 0 aliphatic carbocycles. The Bertz CT molecular complexity index is 500. The maximum atomic E-state index is 12.4. The van der Waals surface area contributed by atoms with E-state index in [2.05, 4.69) is 0 Å². The van der Waals surface area contributed by atoms with Crippen LogP contribution in [0.15, 0.2) is 10.3 Å². The molecule has 0 atom stereocenters. The normalized spacial score (nSPS) is 19.3. The van der Waals surface area contributed by atoms with Crippen molar-refractivity contribution in [2.45, 2.75) is 24.0 Å². The Morgan fingerprint density at radius 3 is 2.56 bits per heavy atom. The number of aryl methyl sites for hydroxylation is 1. The van der Waals surface area contributed by atoms with Gasteiger partial charge in [0.2, 0.25) is 0 Å². The summed E-state index contributed by atoms with van der Waals surface area (Å²) in [4.78, 5) is 0. The van der Waals surface area contributed by atoms with Crippen LogP contribution in [0.3, 0.4) is 0 Å². The molecule has 7 heteroatoms. The number of halogens is 1. The van der Waals surface area contributed by atoms with E-state index < -0.39 is 10.0 Å². The number of nitrogens with two attached hydrogens (primary N) is 1. The average molecular weight is 309 g/mol. The first-order valence-corrected chi connectivity index (χ1v) is 8.54. The SMILES string of the molecule is Cc1cc(S(=O)(=O)N2CCC(CN)CC2)sc1Cl. The largest absolute Gasteiger partial charge is 0.330 e. The first-order valence-electron chi connectivity index (χ1n) is 5.91. The predicted molar refractivity (Wildman–Crippen MR) is 74.6 cm³/mol. The Morgan fingerprint density at radius 1 is 1.50 bits per heavy atom. The smallest absolute Gasteiger partial charge is 0.252 e. The van der Waals surface area contributed by atoms with Crippen LogP contribution in [0.4, 0.5) is 0 Å². The highest BCUT2D eigenvalue weighted by atomic mass is 35.5. The van der Waals surface area contributed by atoms with Gasteiger partial charge in [-0.2, -0.15) is 4.31 Å². The van der Waals surface area contributed by atoms with Crippen molar-refractivity contribution in [3.63, 3.8) is 0 Å². The molecule has 0 radical (unpaired) electrons. The lowest BCUT2D eigenvalue weighted by Crippen LogP contribution is -2.39. The highest BCUT2D eigenvalue weighted by molar-refractivity contribution is 7.91. The second kappa shape index (κ2) is 5.46. The number of piperidine rings is 1. The number of nitrogens with zero attached hydrogens (tertiary/aromatic N) is 1. The molecule has 2 rings (SSSR count). The quantitative estimate of drug-likeness (QED) is 0.929. The van der Waals surface area contributed by atoms with E-state index in [1.165, 1.54) is 0 Å². The minimum Gasteiger partial charge on any atom is -0.330 e. The molecule has 1 aliphatic heterocycles. The van der Waals surface area contributed by atoms with Gasteiger partial charge in [0, 0.05) is 13.1 Å². The Morgan fingerprint density at radius 2 is 2.11 bits per heavy atom. The third-order valence-electron chi connectivity index (χ3n) is 3.34. The number of sulfonamides is 1. The standard InChI is InChI=1S/C11H17ClN2O2S2/c1-8-6-10(17-11(8)12)18(15,16)14-4-2-9(7-13)3-5-14/h6,9H,2-5,7,13H2,1H3. The molecule has 1 aliphatic rings. The first-order chi connectivity index (χ1) is 8.45. The Balaban J connectivity index is 2.17. The minimum absolute atomic E-state index is 0.344. The van der Waals surface area contributed by atoms with Crippen LogP contribution in [0.25, 0.3) is 0 Å². The maximum Gasteiger partial charge on any atom is 0.252 e. The van der Waals surface area contributed by atoms with E-state index in [9.17, 15) is 8.42 Å². The van der Waals surface area contributed by atoms with E-state index in [4.69, 9.17) is 17.3 Å². The minimum atomic E-state index is -3.37. The van der Waals surface area contributed by atoms with Gasteiger partial charge in [0.25, 0.3) is 10.0 Å². The Labute approximate surface area is 117 Å². The molecule has 18 heavy (non-hydrogen) atoms. The summed E-state index contributed by atoms with van der Waals surface area (Å²) >= 11 is 7.07. The van der Waals surface area contributed by atoms with Gasteiger partial charge < -0.3 is 5.73 Å². The number of hydrogen-bond donors (Lipinski definition) is 1. The van der Waals surface area contributed by atoms with Crippen LogP contribution < -0.4 is 5.73 Å². The van der Waals surface area contributed by atoms with Crippen LogP contribution in [-0.2, 0) is 10.0 Å². The van der Waals surface area contributed by atoms with E-state index in [0.717, 1.165) is 29.7 Å². The second-order valence-corrected chi connectivity index (χ2v) is 8.42. The van der Waals surface area contributed by atoms with Crippen molar-refractivity contribution in [3.05, 3.63) is 16.0 Å². The van der Waals surface area contributed by atoms with Crippen molar-refractivity contribution in [3.8, 4) is 0 Å². The molecule has 1 fully saturated rings. The van der Waals surface area contributed by atoms with Gasteiger partial charge in [0.05, 0.1) is 4.34 Å². The van der Waals surface area contributed by atoms with Crippen molar-refractivity contribution < 1.29 is 8.42 Å². The summed E-state index contributed by atoms with van der Waals surface area (Å²) in [5, 5.41) is 0. The molecular formula is C11H17ClN2O2S2. The summed E-state index contributed by atoms with van der Waals surface area (Å²) in [5.74, 6) is 0.449. The molecule has 0 aromatic carbocycles. The summed E-state index contributed by atoms with van der Waals surface area (Å²) < 4.78 is 27.2. The van der Waals surface area contributed by atoms with Crippen LogP contribution in [-0.4, -0.2) is 32.4 Å². The summed E-state index contributed by atoms with van der Waals surface area (Å²) in [7, 11) is -3.37. The van der Waals surface area contributed by atoms with Crippen LogP contribution >= 0.6 is 22.9 Å². The summed E-state index contributed by atoms with van der Waals surface area (Å²) in [6.07, 6.45) is 1.68. The third-order valence-corrected chi connectivity index (χ3v) is 7.24. The van der Waals surface area contributed by atoms with Gasteiger partial charge in [-0.1, -0.05) is 11.6 Å². The van der Waals surface area contributed by atoms with Gasteiger partial charge in [-0.15, -0.1) is 11.3 Å². The zero-order valence-corrected chi connectivity index (χ0v) is 12.6. The Hall–Kier alpha value is -0.140. The van der Waals surface area contributed by atoms with Gasteiger partial charge >= 0.3 is 0 Å². The van der Waals surface area contributed by atoms with Crippen molar-refractivity contribution in [1.82, 2.24) is 4.31 Å². The molecule has 1 saturated heterocycles. The number of rotatable bonds is 3. The van der Waals surface area contributed by atoms with Crippen molar-refractivity contribution in [2.75, 3.05) is 19.6 Å². The molecular weight excluding hydrogens is 292 g/mol. The molecule has 1 aromatic rings. The highest BCUT2D eigenvalue weighted by Crippen LogP contribution is 2.33. The molecule has 2 heterocycles. The molecule has 1 aromatic heterocycles. The van der Waals surface area contributed by atoms with Gasteiger partial charge in [-0.25, -0.2) is 8.42 Å². The summed E-state index contributed by atoms with van der Waals surface area (Å²) in [5.41, 5.74) is 6.43. The monoisotopic (exact) mass is 308 g/mol. The fourth-order valence-electron chi connectivity index (χ4n) is 2.07. The molecule has 102 valence electrons. The van der Waals surface area contributed by atoms with Crippen LogP contribution in [0.5, 0.6) is 0 Å². The third kappa shape index (κ3) is 2.72. The predicted octanol–water partition coefficient (Wildman–Crippen LogP) is 2.07. The average Bonchev–Trinajstić information content (AvgIpc) is 2.70. The molecule has 0 spiro atoms. The van der Waals surface area contributed by atoms with Crippen molar-refractivity contribution in [1.29, 1.82) is 0 Å². The molecule has 4 nitrogen and oxygen atoms in total. The lowest BCUT2D eigenvalue weighted by Gasteiger charge is -2.30. The first kappa shape index (κ1) is 14.3. The lowest BCUT2D eigenvalue weighted by atomic mass is 9.99. The molecule has 0 bridgehead atoms. The van der Waals surface area contributed by atoms with Crippen molar-refractivity contribution in [2.24, 2.45) is 11.7 Å². The number of hydrogen-bond acceptors (Lipinski definition) is 4. The van der Waals surface area contributed by atoms with Gasteiger partial charge in [0.15, 0.2) is 0 Å². The molecule has 0 amide bonds. The van der Waals surface area contributed by atoms with Crippen molar-refractivity contribution >= 4 is 33.0 Å². The van der Waals surface area contributed by atoms with Gasteiger partial charge in [0.1, 0.15) is 4.21 Å². The maximum absolute atomic E-state index is 12.4. The van der Waals surface area contributed by atoms with Crippen LogP contribution in [0.1, 0.15) is 18.4 Å². The van der Waals surface area contributed by atoms with E-state index in [0.29, 0.717) is 34.1 Å². The van der Waals surface area contributed by atoms with Gasteiger partial charge in [-0.05, 0) is 43.9 Å². The zero-order valence-electron chi connectivity index (χ0n) is 10.2. The zero-order chi connectivity index (χ0) is 13.3. The summed E-state index contributed by atoms with van der Waals surface area (Å²) in [6, 6.07) is 1.65. The lowest BCUT2D eigenvalue weighted by molar-refractivity contribution is 0.279. The van der Waals surface area contributed by atoms with E-state index >= 15 is 0 Å². The summed E-state index contributed by atoms with van der Waals surface area (Å²) in [6.45, 7) is 3.56. The highest BCUT2D eigenvalue weighted by Gasteiger charge is 2.30. The second-order valence-electron chi connectivity index (χ2n) is 4.61. The topological polar surface area (TPSA) is 63.4 Å². The van der Waals surface area contributed by atoms with E-state index in [1.807, 2.05) is 6.92 Å². The number of thiophene rings is 1. The van der Waals surface area contributed by atoms with Crippen LogP contribution in [0.2, 0.25) is 4.34 Å². The fraction of sp³-hybridized carbons (Fsp3) is 0.636. The fourth-order valence-corrected chi connectivity index (χ4v) is 5.40.